The number of aromatic nitrogens is 2. The summed E-state index contributed by atoms with van der Waals surface area (Å²) >= 11 is 0. The van der Waals surface area contributed by atoms with Crippen LogP contribution in [-0.4, -0.2) is 47.5 Å². The Morgan fingerprint density at radius 3 is 2.58 bits per heavy atom. The number of nitrogens with one attached hydrogen (secondary N) is 2. The molecule has 3 aromatic rings. The fourth-order valence-corrected chi connectivity index (χ4v) is 4.60. The number of carbonyl (C=O) groups excluding carboxylic acids is 1. The molecule has 0 atom stereocenters. The molecule has 1 amide bonds. The summed E-state index contributed by atoms with van der Waals surface area (Å²) in [5, 5.41) is 12.2. The summed E-state index contributed by atoms with van der Waals surface area (Å²) in [6.07, 6.45) is 2.71. The Kier molecular flexibility index (Phi) is 6.90. The molecule has 0 bridgehead atoms. The molecule has 0 saturated carbocycles. The van der Waals surface area contributed by atoms with Crippen molar-refractivity contribution in [3.05, 3.63) is 76.2 Å². The van der Waals surface area contributed by atoms with E-state index in [9.17, 15) is 4.79 Å². The van der Waals surface area contributed by atoms with Gasteiger partial charge >= 0.3 is 0 Å². The first-order valence-electron chi connectivity index (χ1n) is 11.6. The third-order valence-corrected chi connectivity index (χ3v) is 6.59. The number of imidazole rings is 1. The fraction of sp³-hybridized carbons (Fsp3) is 0.370. The molecule has 1 saturated heterocycles. The van der Waals surface area contributed by atoms with Crippen molar-refractivity contribution in [3.8, 4) is 17.3 Å². The predicted molar refractivity (Wildman–Crippen MR) is 130 cm³/mol. The Morgan fingerprint density at radius 2 is 1.91 bits per heavy atom. The average molecular weight is 442 g/mol. The minimum absolute atomic E-state index is 0.0853. The second-order valence-corrected chi connectivity index (χ2v) is 8.83. The fourth-order valence-electron chi connectivity index (χ4n) is 4.60. The first-order chi connectivity index (χ1) is 16.0. The zero-order valence-corrected chi connectivity index (χ0v) is 19.6. The lowest BCUT2D eigenvalue weighted by Crippen LogP contribution is -2.37. The molecule has 0 unspecified atom stereocenters. The topological polar surface area (TPSA) is 84.8 Å². The number of benzene rings is 2. The van der Waals surface area contributed by atoms with Crippen LogP contribution in [0.15, 0.2) is 42.5 Å². The lowest BCUT2D eigenvalue weighted by atomic mass is 9.88. The molecule has 2 aromatic carbocycles. The number of rotatable bonds is 6. The van der Waals surface area contributed by atoms with E-state index in [-0.39, 0.29) is 5.91 Å². The van der Waals surface area contributed by atoms with Gasteiger partial charge in [-0.2, -0.15) is 5.26 Å². The first kappa shape index (κ1) is 22.8. The summed E-state index contributed by atoms with van der Waals surface area (Å²) in [6, 6.07) is 16.0. The highest BCUT2D eigenvalue weighted by Crippen LogP contribution is 2.30. The van der Waals surface area contributed by atoms with Crippen LogP contribution in [0.5, 0.6) is 0 Å². The summed E-state index contributed by atoms with van der Waals surface area (Å²) < 4.78 is 0. The number of likely N-dealkylation sites (tertiary alicyclic amines) is 1. The smallest absolute Gasteiger partial charge is 0.253 e. The van der Waals surface area contributed by atoms with E-state index in [1.54, 1.807) is 0 Å². The zero-order chi connectivity index (χ0) is 23.4. The van der Waals surface area contributed by atoms with Crippen LogP contribution in [0.1, 0.15) is 57.3 Å². The van der Waals surface area contributed by atoms with Gasteiger partial charge < -0.3 is 15.2 Å². The molecule has 6 heteroatoms. The van der Waals surface area contributed by atoms with Crippen molar-refractivity contribution in [1.82, 2.24) is 20.2 Å². The quantitative estimate of drug-likeness (QED) is 0.596. The maximum Gasteiger partial charge on any atom is 0.253 e. The molecule has 1 aliphatic rings. The minimum Gasteiger partial charge on any atom is -0.342 e. The summed E-state index contributed by atoms with van der Waals surface area (Å²) in [4.78, 5) is 23.4. The molecule has 170 valence electrons. The molecule has 2 heterocycles. The van der Waals surface area contributed by atoms with Crippen molar-refractivity contribution < 1.29 is 4.79 Å². The third kappa shape index (κ3) is 4.99. The Labute approximate surface area is 195 Å². The van der Waals surface area contributed by atoms with Gasteiger partial charge in [-0.15, -0.1) is 0 Å². The Balaban J connectivity index is 1.47. The number of amides is 1. The Bertz CT molecular complexity index is 1160. The zero-order valence-electron chi connectivity index (χ0n) is 19.6. The van der Waals surface area contributed by atoms with Crippen molar-refractivity contribution in [2.45, 2.75) is 39.0 Å². The van der Waals surface area contributed by atoms with Gasteiger partial charge in [0.25, 0.3) is 5.91 Å². The number of aryl methyl sites for hydroxylation is 2. The molecule has 2 N–H and O–H groups in total. The van der Waals surface area contributed by atoms with Gasteiger partial charge in [-0.25, -0.2) is 4.98 Å². The number of hydrogen-bond donors (Lipinski definition) is 2. The van der Waals surface area contributed by atoms with Crippen LogP contribution in [0.3, 0.4) is 0 Å². The normalized spacial score (nSPS) is 14.3. The molecule has 6 nitrogen and oxygen atoms in total. The van der Waals surface area contributed by atoms with Crippen molar-refractivity contribution in [2.75, 3.05) is 26.7 Å². The molecular formula is C27H31N5O. The molecule has 33 heavy (non-hydrogen) atoms. The number of nitrogens with zero attached hydrogens (tertiary/aromatic N) is 3. The van der Waals surface area contributed by atoms with Crippen LogP contribution < -0.4 is 5.32 Å². The first-order valence-corrected chi connectivity index (χ1v) is 11.6. The highest BCUT2D eigenvalue weighted by atomic mass is 16.2. The van der Waals surface area contributed by atoms with Gasteiger partial charge in [-0.05, 0) is 75.0 Å². The predicted octanol–water partition coefficient (Wildman–Crippen LogP) is 4.35. The van der Waals surface area contributed by atoms with Crippen LogP contribution in [-0.2, 0) is 6.42 Å². The summed E-state index contributed by atoms with van der Waals surface area (Å²) in [7, 11) is 1.93. The summed E-state index contributed by atoms with van der Waals surface area (Å²) in [5.41, 5.74) is 6.76. The number of likely N-dealkylation sites (N-methyl/N-ethyl adjacent to an activating group) is 1. The van der Waals surface area contributed by atoms with E-state index in [0.717, 1.165) is 72.8 Å². The molecular weight excluding hydrogens is 410 g/mol. The molecule has 0 aliphatic carbocycles. The van der Waals surface area contributed by atoms with Gasteiger partial charge in [0.2, 0.25) is 0 Å². The monoisotopic (exact) mass is 441 g/mol. The molecule has 1 aromatic heterocycles. The van der Waals surface area contributed by atoms with E-state index in [0.29, 0.717) is 11.5 Å². The van der Waals surface area contributed by atoms with E-state index in [1.807, 2.05) is 61.3 Å². The van der Waals surface area contributed by atoms with Gasteiger partial charge in [0.05, 0.1) is 23.0 Å². The lowest BCUT2D eigenvalue weighted by molar-refractivity contribution is 0.0713. The van der Waals surface area contributed by atoms with E-state index < -0.39 is 0 Å². The van der Waals surface area contributed by atoms with Gasteiger partial charge in [-0.3, -0.25) is 4.79 Å². The standard InChI is InChI=1S/C27H31N5O/c1-18-4-7-23(16-24(18)26-19(2)30-25(31-26)10-13-29-3)27(33)32-14-11-22(12-15-32)21-8-5-20(17-28)6-9-21/h4-9,16,22,29H,10-15H2,1-3H3,(H,30,31). The second-order valence-electron chi connectivity index (χ2n) is 8.83. The van der Waals surface area contributed by atoms with Crippen LogP contribution in [0, 0.1) is 25.2 Å². The largest absolute Gasteiger partial charge is 0.342 e. The van der Waals surface area contributed by atoms with Gasteiger partial charge in [-0.1, -0.05) is 18.2 Å². The molecule has 1 aliphatic heterocycles. The van der Waals surface area contributed by atoms with Crippen LogP contribution in [0.25, 0.3) is 11.3 Å². The number of aromatic amines is 1. The minimum atomic E-state index is 0.0853. The van der Waals surface area contributed by atoms with Gasteiger partial charge in [0.1, 0.15) is 5.82 Å². The summed E-state index contributed by atoms with van der Waals surface area (Å²) in [5.74, 6) is 1.47. The van der Waals surface area contributed by atoms with Gasteiger partial charge in [0, 0.05) is 37.2 Å². The Morgan fingerprint density at radius 1 is 1.18 bits per heavy atom. The SMILES string of the molecule is CNCCc1nc(C)c(-c2cc(C(=O)N3CCC(c4ccc(C#N)cc4)CC3)ccc2C)[nH]1. The van der Waals surface area contributed by atoms with Crippen LogP contribution in [0.2, 0.25) is 0 Å². The van der Waals surface area contributed by atoms with Gasteiger partial charge in [0.15, 0.2) is 0 Å². The van der Waals surface area contributed by atoms with Crippen molar-refractivity contribution in [3.63, 3.8) is 0 Å². The van der Waals surface area contributed by atoms with E-state index in [1.165, 1.54) is 5.56 Å². The van der Waals surface area contributed by atoms with E-state index >= 15 is 0 Å². The van der Waals surface area contributed by atoms with E-state index in [2.05, 4.69) is 28.3 Å². The second kappa shape index (κ2) is 10.0. The highest BCUT2D eigenvalue weighted by molar-refractivity contribution is 5.95. The Hall–Kier alpha value is -3.43. The molecule has 1 fully saturated rings. The number of H-pyrrole nitrogens is 1. The number of carbonyl (C=O) groups is 1. The highest BCUT2D eigenvalue weighted by Gasteiger charge is 2.25. The van der Waals surface area contributed by atoms with Crippen molar-refractivity contribution in [1.29, 1.82) is 5.26 Å². The number of piperidine rings is 1. The maximum atomic E-state index is 13.3. The van der Waals surface area contributed by atoms with Crippen LogP contribution in [0.4, 0.5) is 0 Å². The molecule has 0 radical (unpaired) electrons. The third-order valence-electron chi connectivity index (χ3n) is 6.59. The summed E-state index contributed by atoms with van der Waals surface area (Å²) in [6.45, 7) is 6.42. The maximum absolute atomic E-state index is 13.3. The van der Waals surface area contributed by atoms with Crippen molar-refractivity contribution in [2.24, 2.45) is 0 Å². The average Bonchev–Trinajstić information content (AvgIpc) is 3.22. The van der Waals surface area contributed by atoms with Crippen molar-refractivity contribution >= 4 is 5.91 Å². The number of hydrogen-bond acceptors (Lipinski definition) is 4. The van der Waals surface area contributed by atoms with Crippen LogP contribution >= 0.6 is 0 Å². The molecule has 0 spiro atoms. The molecule has 4 rings (SSSR count). The number of nitriles is 1. The van der Waals surface area contributed by atoms with E-state index in [4.69, 9.17) is 5.26 Å². The lowest BCUT2D eigenvalue weighted by Gasteiger charge is -2.32.